The van der Waals surface area contributed by atoms with Crippen LogP contribution < -0.4 is 5.73 Å². The second-order valence-corrected chi connectivity index (χ2v) is 2.98. The van der Waals surface area contributed by atoms with Crippen LogP contribution in [-0.2, 0) is 6.54 Å². The molecule has 1 atom stereocenters. The summed E-state index contributed by atoms with van der Waals surface area (Å²) in [5, 5.41) is 17.3. The van der Waals surface area contributed by atoms with E-state index in [1.165, 1.54) is 0 Å². The summed E-state index contributed by atoms with van der Waals surface area (Å²) in [6.45, 7) is 3.32. The zero-order chi connectivity index (χ0) is 9.68. The first-order valence-electron chi connectivity index (χ1n) is 4.56. The first-order chi connectivity index (χ1) is 6.29. The van der Waals surface area contributed by atoms with Gasteiger partial charge >= 0.3 is 0 Å². The van der Waals surface area contributed by atoms with Gasteiger partial charge in [-0.3, -0.25) is 0 Å². The van der Waals surface area contributed by atoms with Crippen LogP contribution in [0, 0.1) is 0 Å². The van der Waals surface area contributed by atoms with E-state index in [2.05, 4.69) is 17.2 Å². The maximum Gasteiger partial charge on any atom is 0.0985 e. The highest BCUT2D eigenvalue weighted by Gasteiger charge is 2.12. The molecule has 1 aromatic rings. The fraction of sp³-hybridized carbons (Fsp3) is 0.750. The van der Waals surface area contributed by atoms with Crippen molar-refractivity contribution >= 4 is 0 Å². The van der Waals surface area contributed by atoms with Gasteiger partial charge in [-0.15, -0.1) is 5.10 Å². The highest BCUT2D eigenvalue weighted by atomic mass is 16.3. The molecule has 0 bridgehead atoms. The number of hydrogen-bond donors (Lipinski definition) is 2. The Kier molecular flexibility index (Phi) is 3.85. The lowest BCUT2D eigenvalue weighted by Gasteiger charge is -2.10. The molecule has 1 rings (SSSR count). The quantitative estimate of drug-likeness (QED) is 0.679. The lowest BCUT2D eigenvalue weighted by Crippen LogP contribution is -2.12. The normalized spacial score (nSPS) is 13.2. The van der Waals surface area contributed by atoms with Crippen molar-refractivity contribution in [1.29, 1.82) is 0 Å². The number of rotatable bonds is 5. The van der Waals surface area contributed by atoms with E-state index in [0.29, 0.717) is 13.0 Å². The second kappa shape index (κ2) is 4.94. The Balaban J connectivity index is 2.68. The molecule has 74 valence electrons. The molecule has 1 aromatic heterocycles. The van der Waals surface area contributed by atoms with E-state index in [9.17, 15) is 5.11 Å². The fourth-order valence-corrected chi connectivity index (χ4v) is 1.22. The minimum atomic E-state index is -0.536. The Morgan fingerprint density at radius 2 is 2.46 bits per heavy atom. The number of hydrogen-bond acceptors (Lipinski definition) is 4. The Labute approximate surface area is 77.6 Å². The third kappa shape index (κ3) is 2.50. The smallest absolute Gasteiger partial charge is 0.0985 e. The number of aliphatic hydroxyl groups is 1. The van der Waals surface area contributed by atoms with Gasteiger partial charge in [-0.05, 0) is 19.4 Å². The average molecular weight is 184 g/mol. The Hall–Kier alpha value is -0.940. The van der Waals surface area contributed by atoms with Crippen LogP contribution in [0.25, 0.3) is 0 Å². The van der Waals surface area contributed by atoms with E-state index in [1.54, 1.807) is 10.9 Å². The van der Waals surface area contributed by atoms with Gasteiger partial charge in [0.25, 0.3) is 0 Å². The predicted octanol–water partition coefficient (Wildman–Crippen LogP) is 0.0703. The lowest BCUT2D eigenvalue weighted by atomic mass is 10.2. The largest absolute Gasteiger partial charge is 0.387 e. The molecule has 0 aliphatic heterocycles. The van der Waals surface area contributed by atoms with Crippen molar-refractivity contribution in [3.8, 4) is 0 Å². The fourth-order valence-electron chi connectivity index (χ4n) is 1.22. The summed E-state index contributed by atoms with van der Waals surface area (Å²) >= 11 is 0. The highest BCUT2D eigenvalue weighted by molar-refractivity contribution is 4.98. The minimum Gasteiger partial charge on any atom is -0.387 e. The van der Waals surface area contributed by atoms with Crippen LogP contribution in [0.1, 0.15) is 31.6 Å². The number of aliphatic hydroxyl groups excluding tert-OH is 1. The summed E-state index contributed by atoms with van der Waals surface area (Å²) in [6.07, 6.45) is 2.59. The van der Waals surface area contributed by atoms with Crippen molar-refractivity contribution in [3.05, 3.63) is 11.9 Å². The molecule has 5 nitrogen and oxygen atoms in total. The summed E-state index contributed by atoms with van der Waals surface area (Å²) in [5.74, 6) is 0. The molecule has 0 fully saturated rings. The van der Waals surface area contributed by atoms with Gasteiger partial charge in [-0.2, -0.15) is 0 Å². The molecule has 5 heteroatoms. The van der Waals surface area contributed by atoms with Gasteiger partial charge in [-0.25, -0.2) is 4.68 Å². The van der Waals surface area contributed by atoms with Crippen LogP contribution in [0.5, 0.6) is 0 Å². The summed E-state index contributed by atoms with van der Waals surface area (Å²) in [4.78, 5) is 0. The van der Waals surface area contributed by atoms with Gasteiger partial charge in [0.05, 0.1) is 18.0 Å². The molecule has 0 aliphatic rings. The summed E-state index contributed by atoms with van der Waals surface area (Å²) in [5.41, 5.74) is 6.11. The lowest BCUT2D eigenvalue weighted by molar-refractivity contribution is 0.159. The maximum absolute atomic E-state index is 9.64. The average Bonchev–Trinajstić information content (AvgIpc) is 2.54. The van der Waals surface area contributed by atoms with Crippen molar-refractivity contribution < 1.29 is 5.11 Å². The van der Waals surface area contributed by atoms with Crippen LogP contribution in [-0.4, -0.2) is 26.6 Å². The Morgan fingerprint density at radius 1 is 1.69 bits per heavy atom. The molecule has 13 heavy (non-hydrogen) atoms. The third-order valence-electron chi connectivity index (χ3n) is 1.86. The van der Waals surface area contributed by atoms with Crippen molar-refractivity contribution in [2.45, 2.75) is 32.4 Å². The van der Waals surface area contributed by atoms with E-state index < -0.39 is 6.10 Å². The van der Waals surface area contributed by atoms with Gasteiger partial charge in [0.1, 0.15) is 0 Å². The number of nitrogens with two attached hydrogens (primary N) is 1. The van der Waals surface area contributed by atoms with E-state index in [4.69, 9.17) is 5.73 Å². The monoisotopic (exact) mass is 184 g/mol. The third-order valence-corrected chi connectivity index (χ3v) is 1.86. The summed E-state index contributed by atoms with van der Waals surface area (Å²) in [7, 11) is 0. The van der Waals surface area contributed by atoms with Crippen LogP contribution in [0.3, 0.4) is 0 Å². The first-order valence-corrected chi connectivity index (χ1v) is 4.56. The highest BCUT2D eigenvalue weighted by Crippen LogP contribution is 2.13. The molecule has 0 aromatic carbocycles. The Bertz CT molecular complexity index is 248. The minimum absolute atomic E-state index is 0.471. The SMILES string of the molecule is CCCn1nncc1C(O)CCN. The van der Waals surface area contributed by atoms with Gasteiger partial charge in [0, 0.05) is 6.54 Å². The van der Waals surface area contributed by atoms with Crippen LogP contribution in [0.15, 0.2) is 6.20 Å². The van der Waals surface area contributed by atoms with Crippen molar-refractivity contribution in [3.63, 3.8) is 0 Å². The van der Waals surface area contributed by atoms with Gasteiger partial charge in [0.2, 0.25) is 0 Å². The molecular formula is C8H16N4O. The van der Waals surface area contributed by atoms with Crippen LogP contribution in [0.4, 0.5) is 0 Å². The zero-order valence-corrected chi connectivity index (χ0v) is 7.85. The van der Waals surface area contributed by atoms with Gasteiger partial charge in [-0.1, -0.05) is 12.1 Å². The zero-order valence-electron chi connectivity index (χ0n) is 7.85. The van der Waals surface area contributed by atoms with E-state index in [-0.39, 0.29) is 0 Å². The Morgan fingerprint density at radius 3 is 3.08 bits per heavy atom. The van der Waals surface area contributed by atoms with Crippen molar-refractivity contribution in [1.82, 2.24) is 15.0 Å². The van der Waals surface area contributed by atoms with Crippen molar-refractivity contribution in [2.75, 3.05) is 6.54 Å². The standard InChI is InChI=1S/C8H16N4O/c1-2-5-12-7(6-10-11-12)8(13)3-4-9/h6,8,13H,2-5,9H2,1H3. The number of nitrogens with zero attached hydrogens (tertiary/aromatic N) is 3. The first kappa shape index (κ1) is 10.1. The molecule has 0 amide bonds. The molecular weight excluding hydrogens is 168 g/mol. The van der Waals surface area contributed by atoms with E-state index >= 15 is 0 Å². The van der Waals surface area contributed by atoms with Crippen molar-refractivity contribution in [2.24, 2.45) is 5.73 Å². The number of aromatic nitrogens is 3. The van der Waals surface area contributed by atoms with Gasteiger partial charge in [0.15, 0.2) is 0 Å². The van der Waals surface area contributed by atoms with Crippen LogP contribution >= 0.6 is 0 Å². The predicted molar refractivity (Wildman–Crippen MR) is 48.9 cm³/mol. The van der Waals surface area contributed by atoms with Gasteiger partial charge < -0.3 is 10.8 Å². The molecule has 0 aliphatic carbocycles. The number of aryl methyl sites for hydroxylation is 1. The molecule has 0 saturated heterocycles. The molecule has 0 radical (unpaired) electrons. The molecule has 0 spiro atoms. The molecule has 0 saturated carbocycles. The topological polar surface area (TPSA) is 77.0 Å². The van der Waals surface area contributed by atoms with E-state index in [0.717, 1.165) is 18.7 Å². The van der Waals surface area contributed by atoms with E-state index in [1.807, 2.05) is 0 Å². The second-order valence-electron chi connectivity index (χ2n) is 2.98. The van der Waals surface area contributed by atoms with Crippen LogP contribution in [0.2, 0.25) is 0 Å². The summed E-state index contributed by atoms with van der Waals surface area (Å²) < 4.78 is 1.72. The molecule has 1 unspecified atom stereocenters. The maximum atomic E-state index is 9.64. The molecule has 3 N–H and O–H groups in total. The molecule has 1 heterocycles. The summed E-state index contributed by atoms with van der Waals surface area (Å²) in [6, 6.07) is 0.